The van der Waals surface area contributed by atoms with E-state index in [-0.39, 0.29) is 0 Å². The molecule has 1 aromatic rings. The van der Waals surface area contributed by atoms with Crippen LogP contribution in [0.2, 0.25) is 0 Å². The van der Waals surface area contributed by atoms with Gasteiger partial charge in [-0.1, -0.05) is 0 Å². The number of phenols is 3. The van der Waals surface area contributed by atoms with Gasteiger partial charge in [-0.2, -0.15) is 0 Å². The molecule has 0 aromatic heterocycles. The molecule has 0 amide bonds. The second-order valence-corrected chi connectivity index (χ2v) is 3.46. The molecule has 1 aromatic carbocycles. The number of benzene rings is 1. The molecule has 1 rings (SSSR count). The lowest BCUT2D eigenvalue weighted by atomic mass is 9.97. The van der Waals surface area contributed by atoms with Crippen LogP contribution in [0.1, 0.15) is 31.1 Å². The molecule has 0 spiro atoms. The van der Waals surface area contributed by atoms with E-state index in [0.29, 0.717) is 0 Å². The lowest BCUT2D eigenvalue weighted by Crippen LogP contribution is -2.17. The lowest BCUT2D eigenvalue weighted by Gasteiger charge is -2.14. The summed E-state index contributed by atoms with van der Waals surface area (Å²) in [6, 6.07) is 0. The Morgan fingerprint density at radius 2 is 1.10 bits per heavy atom. The number of methoxy groups -OCH3 is 2. The number of carbonyl (C=O) groups is 3. The maximum atomic E-state index is 11.5. The standard InChI is InChI=1S/C11H10O9/c1-19-10(17)4-3(9(15)16)5(11(18)20-2)7(13)8(14)6(4)12/h12-14H,1-2H3,(H,15,16). The monoisotopic (exact) mass is 286 g/mol. The van der Waals surface area contributed by atoms with E-state index in [9.17, 15) is 29.7 Å². The van der Waals surface area contributed by atoms with E-state index in [2.05, 4.69) is 9.47 Å². The summed E-state index contributed by atoms with van der Waals surface area (Å²) >= 11 is 0. The molecule has 20 heavy (non-hydrogen) atoms. The van der Waals surface area contributed by atoms with Gasteiger partial charge in [-0.3, -0.25) is 0 Å². The van der Waals surface area contributed by atoms with E-state index in [1.54, 1.807) is 0 Å². The third-order valence-electron chi connectivity index (χ3n) is 2.42. The van der Waals surface area contributed by atoms with Gasteiger partial charge in [0, 0.05) is 0 Å². The summed E-state index contributed by atoms with van der Waals surface area (Å²) < 4.78 is 8.53. The number of aromatic carboxylic acids is 1. The second kappa shape index (κ2) is 5.34. The number of carboxylic acids is 1. The Kier molecular flexibility index (Phi) is 4.03. The number of carbonyl (C=O) groups excluding carboxylic acids is 2. The highest BCUT2D eigenvalue weighted by atomic mass is 16.5. The number of hydrogen-bond acceptors (Lipinski definition) is 8. The normalized spacial score (nSPS) is 9.90. The number of aromatic hydroxyl groups is 3. The van der Waals surface area contributed by atoms with Gasteiger partial charge in [-0.15, -0.1) is 0 Å². The summed E-state index contributed by atoms with van der Waals surface area (Å²) in [6.45, 7) is 0. The summed E-state index contributed by atoms with van der Waals surface area (Å²) in [6.07, 6.45) is 0. The minimum Gasteiger partial charge on any atom is -0.504 e. The van der Waals surface area contributed by atoms with Crippen LogP contribution in [-0.4, -0.2) is 52.6 Å². The van der Waals surface area contributed by atoms with Crippen LogP contribution in [0.15, 0.2) is 0 Å². The first-order chi connectivity index (χ1) is 9.27. The highest BCUT2D eigenvalue weighted by molar-refractivity contribution is 6.13. The number of carboxylic acid groups (broad SMARTS) is 1. The Morgan fingerprint density at radius 3 is 1.35 bits per heavy atom. The van der Waals surface area contributed by atoms with Gasteiger partial charge in [0.2, 0.25) is 5.75 Å². The average Bonchev–Trinajstić information content (AvgIpc) is 2.42. The molecule has 108 valence electrons. The van der Waals surface area contributed by atoms with Crippen LogP contribution >= 0.6 is 0 Å². The highest BCUT2D eigenvalue weighted by Crippen LogP contribution is 2.43. The van der Waals surface area contributed by atoms with Crippen LogP contribution in [0.5, 0.6) is 17.2 Å². The smallest absolute Gasteiger partial charge is 0.342 e. The van der Waals surface area contributed by atoms with Gasteiger partial charge in [0.1, 0.15) is 11.1 Å². The molecule has 0 aliphatic carbocycles. The summed E-state index contributed by atoms with van der Waals surface area (Å²) in [7, 11) is 1.80. The van der Waals surface area contributed by atoms with Crippen molar-refractivity contribution in [2.75, 3.05) is 14.2 Å². The molecule has 0 bridgehead atoms. The number of phenolic OH excluding ortho intramolecular Hbond substituents is 3. The first-order valence-electron chi connectivity index (χ1n) is 4.98. The van der Waals surface area contributed by atoms with E-state index >= 15 is 0 Å². The maximum Gasteiger partial charge on any atom is 0.342 e. The minimum absolute atomic E-state index is 0.898. The van der Waals surface area contributed by atoms with E-state index in [4.69, 9.17) is 5.11 Å². The van der Waals surface area contributed by atoms with Gasteiger partial charge in [0.25, 0.3) is 0 Å². The van der Waals surface area contributed by atoms with E-state index < -0.39 is 51.8 Å². The Morgan fingerprint density at radius 1 is 0.750 bits per heavy atom. The van der Waals surface area contributed by atoms with Crippen LogP contribution in [0.4, 0.5) is 0 Å². The van der Waals surface area contributed by atoms with Crippen molar-refractivity contribution in [3.8, 4) is 17.2 Å². The fourth-order valence-electron chi connectivity index (χ4n) is 1.53. The fourth-order valence-corrected chi connectivity index (χ4v) is 1.53. The quantitative estimate of drug-likeness (QED) is 0.447. The number of hydrogen-bond donors (Lipinski definition) is 4. The molecule has 9 nitrogen and oxygen atoms in total. The van der Waals surface area contributed by atoms with Crippen molar-refractivity contribution >= 4 is 17.9 Å². The van der Waals surface area contributed by atoms with Gasteiger partial charge in [0.05, 0.1) is 19.8 Å². The van der Waals surface area contributed by atoms with Crippen molar-refractivity contribution < 1.29 is 44.3 Å². The molecule has 4 N–H and O–H groups in total. The molecule has 0 saturated heterocycles. The summed E-state index contributed by atoms with van der Waals surface area (Å²) in [4.78, 5) is 34.2. The van der Waals surface area contributed by atoms with Crippen LogP contribution in [0.3, 0.4) is 0 Å². The number of ether oxygens (including phenoxy) is 2. The van der Waals surface area contributed by atoms with Crippen molar-refractivity contribution in [2.45, 2.75) is 0 Å². The molecule has 0 saturated carbocycles. The molecule has 0 fully saturated rings. The Hall–Kier alpha value is -2.97. The van der Waals surface area contributed by atoms with E-state index in [1.807, 2.05) is 0 Å². The van der Waals surface area contributed by atoms with Gasteiger partial charge >= 0.3 is 17.9 Å². The Bertz CT molecular complexity index is 559. The van der Waals surface area contributed by atoms with Gasteiger partial charge in [-0.05, 0) is 0 Å². The number of rotatable bonds is 3. The van der Waals surface area contributed by atoms with Crippen LogP contribution in [0, 0.1) is 0 Å². The molecule has 0 aliphatic heterocycles. The third kappa shape index (κ3) is 2.16. The van der Waals surface area contributed by atoms with Gasteiger partial charge < -0.3 is 29.9 Å². The zero-order valence-corrected chi connectivity index (χ0v) is 10.3. The Labute approximate surface area is 111 Å². The average molecular weight is 286 g/mol. The van der Waals surface area contributed by atoms with Crippen LogP contribution < -0.4 is 0 Å². The zero-order valence-electron chi connectivity index (χ0n) is 10.3. The second-order valence-electron chi connectivity index (χ2n) is 3.46. The van der Waals surface area contributed by atoms with Gasteiger partial charge in [0.15, 0.2) is 11.5 Å². The highest BCUT2D eigenvalue weighted by Gasteiger charge is 2.35. The van der Waals surface area contributed by atoms with Crippen LogP contribution in [-0.2, 0) is 9.47 Å². The van der Waals surface area contributed by atoms with Gasteiger partial charge in [-0.25, -0.2) is 14.4 Å². The molecule has 9 heteroatoms. The maximum absolute atomic E-state index is 11.5. The Balaban J connectivity index is 3.93. The van der Waals surface area contributed by atoms with Crippen molar-refractivity contribution in [2.24, 2.45) is 0 Å². The molecule has 0 radical (unpaired) electrons. The summed E-state index contributed by atoms with van der Waals surface area (Å²) in [5.41, 5.74) is -3.00. The fraction of sp³-hybridized carbons (Fsp3) is 0.182. The lowest BCUT2D eigenvalue weighted by molar-refractivity contribution is 0.0561. The summed E-state index contributed by atoms with van der Waals surface area (Å²) in [5, 5.41) is 37.6. The van der Waals surface area contributed by atoms with Crippen molar-refractivity contribution in [1.29, 1.82) is 0 Å². The van der Waals surface area contributed by atoms with E-state index in [1.165, 1.54) is 0 Å². The van der Waals surface area contributed by atoms with E-state index in [0.717, 1.165) is 14.2 Å². The molecule has 0 aliphatic rings. The molecule has 0 atom stereocenters. The molecular weight excluding hydrogens is 276 g/mol. The molecular formula is C11H10O9. The topological polar surface area (TPSA) is 151 Å². The van der Waals surface area contributed by atoms with Crippen molar-refractivity contribution in [3.05, 3.63) is 16.7 Å². The predicted molar refractivity (Wildman–Crippen MR) is 61.1 cm³/mol. The van der Waals surface area contributed by atoms with Crippen molar-refractivity contribution in [3.63, 3.8) is 0 Å². The molecule has 0 unspecified atom stereocenters. The first kappa shape index (κ1) is 15.1. The third-order valence-corrected chi connectivity index (χ3v) is 2.42. The number of esters is 2. The predicted octanol–water partition coefficient (Wildman–Crippen LogP) is 0.0748. The van der Waals surface area contributed by atoms with Crippen molar-refractivity contribution in [1.82, 2.24) is 0 Å². The molecule has 0 heterocycles. The summed E-state index contributed by atoms with van der Waals surface area (Å²) in [5.74, 6) is -8.13. The first-order valence-corrected chi connectivity index (χ1v) is 4.98. The zero-order chi connectivity index (χ0) is 15.6. The minimum atomic E-state index is -1.81. The van der Waals surface area contributed by atoms with Crippen LogP contribution in [0.25, 0.3) is 0 Å². The SMILES string of the molecule is COC(=O)c1c(O)c(O)c(O)c(C(=O)OC)c1C(=O)O. The largest absolute Gasteiger partial charge is 0.504 e.